The van der Waals surface area contributed by atoms with Crippen LogP contribution in [0, 0.1) is 12.7 Å². The number of benzene rings is 1. The topological polar surface area (TPSA) is 61.9 Å². The molecule has 1 N–H and O–H groups in total. The van der Waals surface area contributed by atoms with Crippen LogP contribution < -0.4 is 5.32 Å². The van der Waals surface area contributed by atoms with Crippen molar-refractivity contribution < 1.29 is 18.7 Å². The monoisotopic (exact) mass is 421 g/mol. The summed E-state index contributed by atoms with van der Waals surface area (Å²) in [6.07, 6.45) is 2.35. The number of hydrogen-bond donors (Lipinski definition) is 1. The highest BCUT2D eigenvalue weighted by atomic mass is 19.1. The molecule has 1 aromatic rings. The Balaban J connectivity index is 1.85. The van der Waals surface area contributed by atoms with Crippen LogP contribution in [0.4, 0.5) is 9.18 Å². The zero-order valence-corrected chi connectivity index (χ0v) is 19.0. The first kappa shape index (κ1) is 24.1. The van der Waals surface area contributed by atoms with Gasteiger partial charge in [-0.2, -0.15) is 0 Å². The third-order valence-electron chi connectivity index (χ3n) is 5.34. The van der Waals surface area contributed by atoms with E-state index in [0.29, 0.717) is 31.7 Å². The second-order valence-electron chi connectivity index (χ2n) is 8.98. The summed E-state index contributed by atoms with van der Waals surface area (Å²) in [6.45, 7) is 12.0. The van der Waals surface area contributed by atoms with Crippen molar-refractivity contribution in [2.75, 3.05) is 26.2 Å². The maximum atomic E-state index is 13.7. The van der Waals surface area contributed by atoms with Gasteiger partial charge in [0.05, 0.1) is 6.54 Å². The van der Waals surface area contributed by atoms with Crippen LogP contribution in [0.25, 0.3) is 0 Å². The lowest BCUT2D eigenvalue weighted by atomic mass is 10.1. The lowest BCUT2D eigenvalue weighted by Crippen LogP contribution is -2.43. The van der Waals surface area contributed by atoms with Gasteiger partial charge in [0.1, 0.15) is 11.4 Å². The molecule has 1 aromatic carbocycles. The fourth-order valence-electron chi connectivity index (χ4n) is 3.64. The second kappa shape index (κ2) is 10.8. The summed E-state index contributed by atoms with van der Waals surface area (Å²) in [5.74, 6) is -0.337. The lowest BCUT2D eigenvalue weighted by Gasteiger charge is -2.30. The number of amides is 2. The molecule has 1 aliphatic heterocycles. The van der Waals surface area contributed by atoms with Crippen LogP contribution in [0.1, 0.15) is 58.1 Å². The average Bonchev–Trinajstić information content (AvgIpc) is 2.92. The first-order valence-corrected chi connectivity index (χ1v) is 10.8. The number of likely N-dealkylation sites (tertiary alicyclic amines) is 1. The SMILES string of the molecule is CCN(CC(=O)NCc1ccc(C)c(F)c1)[C@@H]1CCCN(C(=O)OC(C)(C)C)CC1. The summed E-state index contributed by atoms with van der Waals surface area (Å²) in [6, 6.07) is 5.25. The van der Waals surface area contributed by atoms with Crippen molar-refractivity contribution in [3.63, 3.8) is 0 Å². The third-order valence-corrected chi connectivity index (χ3v) is 5.34. The number of halogens is 1. The van der Waals surface area contributed by atoms with E-state index in [2.05, 4.69) is 10.2 Å². The molecule has 1 atom stereocenters. The smallest absolute Gasteiger partial charge is 0.410 e. The Morgan fingerprint density at radius 1 is 1.27 bits per heavy atom. The second-order valence-corrected chi connectivity index (χ2v) is 8.98. The third kappa shape index (κ3) is 7.59. The minimum atomic E-state index is -0.503. The number of rotatable bonds is 6. The molecule has 1 aliphatic rings. The van der Waals surface area contributed by atoms with Gasteiger partial charge in [-0.15, -0.1) is 0 Å². The number of nitrogens with one attached hydrogen (secondary N) is 1. The highest BCUT2D eigenvalue weighted by Gasteiger charge is 2.27. The zero-order chi connectivity index (χ0) is 22.3. The molecule has 6 nitrogen and oxygen atoms in total. The number of nitrogens with zero attached hydrogens (tertiary/aromatic N) is 2. The van der Waals surface area contributed by atoms with E-state index in [-0.39, 0.29) is 23.9 Å². The normalized spacial score (nSPS) is 17.6. The van der Waals surface area contributed by atoms with Gasteiger partial charge in [-0.05, 0) is 70.7 Å². The zero-order valence-electron chi connectivity index (χ0n) is 19.0. The molecule has 30 heavy (non-hydrogen) atoms. The van der Waals surface area contributed by atoms with Crippen molar-refractivity contribution in [1.82, 2.24) is 15.1 Å². The van der Waals surface area contributed by atoms with Crippen molar-refractivity contribution in [3.8, 4) is 0 Å². The molecule has 0 aliphatic carbocycles. The van der Waals surface area contributed by atoms with Crippen molar-refractivity contribution in [3.05, 3.63) is 35.1 Å². The number of likely N-dealkylation sites (N-methyl/N-ethyl adjacent to an activating group) is 1. The van der Waals surface area contributed by atoms with Gasteiger partial charge in [-0.1, -0.05) is 19.1 Å². The first-order chi connectivity index (χ1) is 14.1. The summed E-state index contributed by atoms with van der Waals surface area (Å²) in [4.78, 5) is 28.7. The van der Waals surface area contributed by atoms with Crippen LogP contribution in [0.5, 0.6) is 0 Å². The van der Waals surface area contributed by atoms with Crippen molar-refractivity contribution >= 4 is 12.0 Å². The molecule has 2 amide bonds. The van der Waals surface area contributed by atoms with E-state index in [0.717, 1.165) is 31.4 Å². The summed E-state index contributed by atoms with van der Waals surface area (Å²) in [5.41, 5.74) is 0.837. The van der Waals surface area contributed by atoms with Gasteiger partial charge in [-0.25, -0.2) is 9.18 Å². The van der Waals surface area contributed by atoms with Crippen LogP contribution in [-0.2, 0) is 16.1 Å². The molecule has 2 rings (SSSR count). The van der Waals surface area contributed by atoms with Gasteiger partial charge in [0, 0.05) is 25.7 Å². The number of aryl methyl sites for hydroxylation is 1. The fraction of sp³-hybridized carbons (Fsp3) is 0.652. The highest BCUT2D eigenvalue weighted by molar-refractivity contribution is 5.78. The molecule has 1 saturated heterocycles. The average molecular weight is 422 g/mol. The molecule has 0 aromatic heterocycles. The molecule has 0 spiro atoms. The van der Waals surface area contributed by atoms with Gasteiger partial charge in [-0.3, -0.25) is 9.69 Å². The van der Waals surface area contributed by atoms with E-state index < -0.39 is 5.60 Å². The molecule has 1 fully saturated rings. The molecule has 0 radical (unpaired) electrons. The first-order valence-electron chi connectivity index (χ1n) is 10.8. The van der Waals surface area contributed by atoms with Gasteiger partial charge in [0.25, 0.3) is 0 Å². The minimum absolute atomic E-state index is 0.0777. The fourth-order valence-corrected chi connectivity index (χ4v) is 3.64. The summed E-state index contributed by atoms with van der Waals surface area (Å²) in [5, 5.41) is 2.89. The van der Waals surface area contributed by atoms with E-state index in [9.17, 15) is 14.0 Å². The molecule has 0 bridgehead atoms. The molecule has 0 unspecified atom stereocenters. The highest BCUT2D eigenvalue weighted by Crippen LogP contribution is 2.19. The molecular weight excluding hydrogens is 385 g/mol. The Morgan fingerprint density at radius 3 is 2.63 bits per heavy atom. The predicted molar refractivity (Wildman–Crippen MR) is 116 cm³/mol. The standard InChI is InChI=1S/C23H36FN3O3/c1-6-26(16-21(28)25-15-18-10-9-17(2)20(24)14-18)19-8-7-12-27(13-11-19)22(29)30-23(3,4)5/h9-10,14,19H,6-8,11-13,15-16H2,1-5H3,(H,25,28)/t19-/m1/s1. The maximum Gasteiger partial charge on any atom is 0.410 e. The number of carbonyl (C=O) groups is 2. The van der Waals surface area contributed by atoms with E-state index in [4.69, 9.17) is 4.74 Å². The minimum Gasteiger partial charge on any atom is -0.444 e. The van der Waals surface area contributed by atoms with Gasteiger partial charge < -0.3 is 15.0 Å². The predicted octanol–water partition coefficient (Wildman–Crippen LogP) is 3.86. The van der Waals surface area contributed by atoms with E-state index in [1.54, 1.807) is 17.9 Å². The summed E-state index contributed by atoms with van der Waals surface area (Å²) in [7, 11) is 0. The van der Waals surface area contributed by atoms with E-state index >= 15 is 0 Å². The number of hydrogen-bond acceptors (Lipinski definition) is 4. The quantitative estimate of drug-likeness (QED) is 0.758. The van der Waals surface area contributed by atoms with Crippen LogP contribution in [0.3, 0.4) is 0 Å². The van der Waals surface area contributed by atoms with Crippen LogP contribution in [0.15, 0.2) is 18.2 Å². The van der Waals surface area contributed by atoms with E-state index in [1.165, 1.54) is 6.07 Å². The Hall–Kier alpha value is -2.15. The Morgan fingerprint density at radius 2 is 2.00 bits per heavy atom. The van der Waals surface area contributed by atoms with Gasteiger partial charge >= 0.3 is 6.09 Å². The summed E-state index contributed by atoms with van der Waals surface area (Å²) >= 11 is 0. The maximum absolute atomic E-state index is 13.7. The molecular formula is C23H36FN3O3. The number of carbonyl (C=O) groups excluding carboxylic acids is 2. The van der Waals surface area contributed by atoms with E-state index in [1.807, 2.05) is 33.8 Å². The van der Waals surface area contributed by atoms with Gasteiger partial charge in [0.15, 0.2) is 0 Å². The number of ether oxygens (including phenoxy) is 1. The van der Waals surface area contributed by atoms with Crippen molar-refractivity contribution in [1.29, 1.82) is 0 Å². The van der Waals surface area contributed by atoms with Crippen LogP contribution in [0.2, 0.25) is 0 Å². The molecule has 1 heterocycles. The Labute approximate surface area is 179 Å². The molecule has 7 heteroatoms. The lowest BCUT2D eigenvalue weighted by molar-refractivity contribution is -0.123. The molecule has 168 valence electrons. The van der Waals surface area contributed by atoms with Crippen molar-refractivity contribution in [2.24, 2.45) is 0 Å². The summed E-state index contributed by atoms with van der Waals surface area (Å²) < 4.78 is 19.2. The van der Waals surface area contributed by atoms with Gasteiger partial charge in [0.2, 0.25) is 5.91 Å². The van der Waals surface area contributed by atoms with Crippen LogP contribution in [-0.4, -0.2) is 59.6 Å². The molecule has 0 saturated carbocycles. The largest absolute Gasteiger partial charge is 0.444 e. The van der Waals surface area contributed by atoms with Crippen LogP contribution >= 0.6 is 0 Å². The Bertz CT molecular complexity index is 733. The Kier molecular flexibility index (Phi) is 8.65. The van der Waals surface area contributed by atoms with Crippen molar-refractivity contribution in [2.45, 2.75) is 72.1 Å².